The van der Waals surface area contributed by atoms with E-state index in [9.17, 15) is 4.79 Å². The molecule has 3 aromatic rings. The summed E-state index contributed by atoms with van der Waals surface area (Å²) in [7, 11) is 0. The van der Waals surface area contributed by atoms with E-state index >= 15 is 0 Å². The molecule has 0 spiro atoms. The molecule has 1 aromatic carbocycles. The molecule has 4 nitrogen and oxygen atoms in total. The maximum absolute atomic E-state index is 13.4. The first-order chi connectivity index (χ1) is 14.1. The number of aromatic nitrogens is 1. The van der Waals surface area contributed by atoms with E-state index in [1.807, 2.05) is 24.3 Å². The van der Waals surface area contributed by atoms with Crippen LogP contribution in [0.4, 0.5) is 11.5 Å². The summed E-state index contributed by atoms with van der Waals surface area (Å²) in [6.45, 7) is 2.11. The first-order valence-corrected chi connectivity index (χ1v) is 11.6. The third-order valence-electron chi connectivity index (χ3n) is 6.14. The maximum atomic E-state index is 13.4. The quantitative estimate of drug-likeness (QED) is 0.594. The predicted octanol–water partition coefficient (Wildman–Crippen LogP) is 5.43. The van der Waals surface area contributed by atoms with E-state index in [1.165, 1.54) is 41.7 Å². The number of hydrogen-bond acceptors (Lipinski definition) is 5. The third-order valence-corrected chi connectivity index (χ3v) is 7.54. The van der Waals surface area contributed by atoms with E-state index in [4.69, 9.17) is 22.3 Å². The maximum Gasteiger partial charge on any atom is 0.213 e. The zero-order valence-electron chi connectivity index (χ0n) is 16.3. The average molecular weight is 426 g/mol. The van der Waals surface area contributed by atoms with Crippen LogP contribution in [0.25, 0.3) is 20.7 Å². The second kappa shape index (κ2) is 7.62. The Bertz CT molecular complexity index is 1130. The van der Waals surface area contributed by atoms with E-state index in [0.29, 0.717) is 10.7 Å². The number of nitrogens with zero attached hydrogens (tertiary/aromatic N) is 2. The molecule has 0 unspecified atom stereocenters. The number of rotatable bonds is 2. The van der Waals surface area contributed by atoms with E-state index in [1.54, 1.807) is 0 Å². The molecule has 0 saturated carbocycles. The SMILES string of the molecule is Nc1c(-c2ccc(Cl)cc2)sc2nc(N3CCCCC3)c3c(c2c1=O)CCCC3. The average Bonchev–Trinajstić information content (AvgIpc) is 2.76. The summed E-state index contributed by atoms with van der Waals surface area (Å²) in [6.07, 6.45) is 7.94. The van der Waals surface area contributed by atoms with Crippen LogP contribution in [0.1, 0.15) is 43.2 Å². The van der Waals surface area contributed by atoms with Gasteiger partial charge in [-0.2, -0.15) is 0 Å². The molecular weight excluding hydrogens is 402 g/mol. The van der Waals surface area contributed by atoms with Crippen LogP contribution in [0.3, 0.4) is 0 Å². The van der Waals surface area contributed by atoms with Crippen LogP contribution >= 0.6 is 22.9 Å². The lowest BCUT2D eigenvalue weighted by Crippen LogP contribution is -2.32. The lowest BCUT2D eigenvalue weighted by molar-refractivity contribution is 0.569. The highest BCUT2D eigenvalue weighted by atomic mass is 35.5. The van der Waals surface area contributed by atoms with E-state index < -0.39 is 0 Å². The Balaban J connectivity index is 1.77. The number of nitrogens with two attached hydrogens (primary N) is 1. The highest BCUT2D eigenvalue weighted by Crippen LogP contribution is 2.39. The number of halogens is 1. The minimum absolute atomic E-state index is 0.0699. The van der Waals surface area contributed by atoms with Crippen molar-refractivity contribution in [2.24, 2.45) is 0 Å². The number of nitrogen functional groups attached to an aromatic ring is 1. The highest BCUT2D eigenvalue weighted by Gasteiger charge is 2.26. The summed E-state index contributed by atoms with van der Waals surface area (Å²) in [5.74, 6) is 1.11. The molecule has 5 rings (SSSR count). The number of aryl methyl sites for hydroxylation is 1. The molecule has 2 N–H and O–H groups in total. The topological polar surface area (TPSA) is 59.2 Å². The second-order valence-electron chi connectivity index (χ2n) is 8.01. The van der Waals surface area contributed by atoms with Crippen molar-refractivity contribution in [2.75, 3.05) is 23.7 Å². The number of fused-ring (bicyclic) bond motifs is 3. The van der Waals surface area contributed by atoms with Crippen molar-refractivity contribution < 1.29 is 0 Å². The van der Waals surface area contributed by atoms with Crippen LogP contribution in [0, 0.1) is 0 Å². The van der Waals surface area contributed by atoms with Crippen LogP contribution in [-0.4, -0.2) is 18.1 Å². The Hall–Kier alpha value is -2.11. The van der Waals surface area contributed by atoms with Gasteiger partial charge in [0.25, 0.3) is 0 Å². The van der Waals surface area contributed by atoms with Gasteiger partial charge in [0.2, 0.25) is 5.43 Å². The molecule has 29 heavy (non-hydrogen) atoms. The van der Waals surface area contributed by atoms with Crippen LogP contribution in [-0.2, 0) is 12.8 Å². The Morgan fingerprint density at radius 3 is 2.38 bits per heavy atom. The molecule has 0 atom stereocenters. The predicted molar refractivity (Wildman–Crippen MR) is 123 cm³/mol. The molecule has 0 radical (unpaired) electrons. The van der Waals surface area contributed by atoms with Gasteiger partial charge in [-0.05, 0) is 73.8 Å². The summed E-state index contributed by atoms with van der Waals surface area (Å²) < 4.78 is 0. The fourth-order valence-corrected chi connectivity index (χ4v) is 5.88. The van der Waals surface area contributed by atoms with Gasteiger partial charge in [0.1, 0.15) is 10.6 Å². The van der Waals surface area contributed by atoms with E-state index in [2.05, 4.69) is 4.90 Å². The number of anilines is 2. The molecule has 0 amide bonds. The van der Waals surface area contributed by atoms with Gasteiger partial charge < -0.3 is 10.6 Å². The number of pyridine rings is 1. The van der Waals surface area contributed by atoms with Crippen molar-refractivity contribution >= 4 is 44.7 Å². The van der Waals surface area contributed by atoms with Gasteiger partial charge in [0.05, 0.1) is 16.0 Å². The summed E-state index contributed by atoms with van der Waals surface area (Å²) >= 11 is 7.58. The molecule has 0 bridgehead atoms. The van der Waals surface area contributed by atoms with Gasteiger partial charge in [-0.1, -0.05) is 23.7 Å². The molecule has 3 heterocycles. The van der Waals surface area contributed by atoms with Gasteiger partial charge in [0, 0.05) is 18.1 Å². The Morgan fingerprint density at radius 2 is 1.66 bits per heavy atom. The molecule has 1 aliphatic carbocycles. The summed E-state index contributed by atoms with van der Waals surface area (Å²) in [4.78, 5) is 22.5. The number of benzene rings is 1. The van der Waals surface area contributed by atoms with Gasteiger partial charge in [0.15, 0.2) is 0 Å². The van der Waals surface area contributed by atoms with Gasteiger partial charge in [-0.3, -0.25) is 4.79 Å². The normalized spacial score (nSPS) is 16.8. The third kappa shape index (κ3) is 3.30. The van der Waals surface area contributed by atoms with Crippen LogP contribution in [0.2, 0.25) is 5.02 Å². The fourth-order valence-electron chi connectivity index (χ4n) is 4.66. The molecule has 2 aliphatic rings. The van der Waals surface area contributed by atoms with Crippen molar-refractivity contribution in [2.45, 2.75) is 44.9 Å². The van der Waals surface area contributed by atoms with Crippen LogP contribution in [0.5, 0.6) is 0 Å². The lowest BCUT2D eigenvalue weighted by atomic mass is 9.89. The molecule has 1 saturated heterocycles. The Morgan fingerprint density at radius 1 is 0.966 bits per heavy atom. The minimum Gasteiger partial charge on any atom is -0.394 e. The van der Waals surface area contributed by atoms with Crippen molar-refractivity contribution in [1.29, 1.82) is 0 Å². The summed E-state index contributed by atoms with van der Waals surface area (Å²) in [6, 6.07) is 7.49. The van der Waals surface area contributed by atoms with E-state index in [0.717, 1.165) is 65.2 Å². The molecule has 1 fully saturated rings. The molecule has 1 aliphatic heterocycles. The molecule has 2 aromatic heterocycles. The summed E-state index contributed by atoms with van der Waals surface area (Å²) in [5.41, 5.74) is 10.0. The van der Waals surface area contributed by atoms with Crippen molar-refractivity contribution in [3.63, 3.8) is 0 Å². The lowest BCUT2D eigenvalue weighted by Gasteiger charge is -2.32. The van der Waals surface area contributed by atoms with Crippen LogP contribution < -0.4 is 16.1 Å². The Labute approximate surface area is 179 Å². The van der Waals surface area contributed by atoms with Gasteiger partial charge >= 0.3 is 0 Å². The van der Waals surface area contributed by atoms with Gasteiger partial charge in [-0.25, -0.2) is 4.98 Å². The monoisotopic (exact) mass is 425 g/mol. The molecular formula is C23H24ClN3OS. The number of piperidine rings is 1. The zero-order valence-corrected chi connectivity index (χ0v) is 17.9. The standard InChI is InChI=1S/C23H24ClN3OS/c24-15-10-8-14(9-11-15)21-19(25)20(28)18-16-6-2-3-7-17(16)22(26-23(18)29-21)27-12-4-1-5-13-27/h8-11H,1-7,12-13,25H2. The van der Waals surface area contributed by atoms with E-state index in [-0.39, 0.29) is 5.43 Å². The van der Waals surface area contributed by atoms with Crippen molar-refractivity contribution in [1.82, 2.24) is 4.98 Å². The second-order valence-corrected chi connectivity index (χ2v) is 9.44. The first kappa shape index (κ1) is 18.9. The minimum atomic E-state index is -0.0699. The smallest absolute Gasteiger partial charge is 0.213 e. The fraction of sp³-hybridized carbons (Fsp3) is 0.391. The molecule has 6 heteroatoms. The van der Waals surface area contributed by atoms with Gasteiger partial charge in [-0.15, -0.1) is 11.3 Å². The van der Waals surface area contributed by atoms with Crippen LogP contribution in [0.15, 0.2) is 29.1 Å². The zero-order chi connectivity index (χ0) is 20.0. The van der Waals surface area contributed by atoms with Crippen molar-refractivity contribution in [3.05, 3.63) is 50.6 Å². The largest absolute Gasteiger partial charge is 0.394 e. The first-order valence-electron chi connectivity index (χ1n) is 10.4. The molecule has 150 valence electrons. The highest BCUT2D eigenvalue weighted by molar-refractivity contribution is 7.21. The Kier molecular flexibility index (Phi) is 4.96. The van der Waals surface area contributed by atoms with Crippen molar-refractivity contribution in [3.8, 4) is 10.4 Å². The summed E-state index contributed by atoms with van der Waals surface area (Å²) in [5, 5.41) is 1.42. The number of hydrogen-bond donors (Lipinski definition) is 1.